The number of hydrogen-bond donors (Lipinski definition) is 1. The van der Waals surface area contributed by atoms with E-state index in [1.807, 2.05) is 13.0 Å². The Morgan fingerprint density at radius 3 is 2.94 bits per heavy atom. The van der Waals surface area contributed by atoms with Crippen LogP contribution in [-0.2, 0) is 4.79 Å². The lowest BCUT2D eigenvalue weighted by atomic mass is 10.3. The van der Waals surface area contributed by atoms with Gasteiger partial charge in [0.15, 0.2) is 0 Å². The fourth-order valence-corrected chi connectivity index (χ4v) is 2.26. The van der Waals surface area contributed by atoms with Crippen molar-refractivity contribution in [2.45, 2.75) is 31.9 Å². The van der Waals surface area contributed by atoms with Crippen LogP contribution >= 0.6 is 11.8 Å². The quantitative estimate of drug-likeness (QED) is 0.801. The average molecular weight is 263 g/mol. The first-order chi connectivity index (χ1) is 8.67. The number of carbonyl (C=O) groups is 1. The van der Waals surface area contributed by atoms with Gasteiger partial charge in [0, 0.05) is 6.20 Å². The Morgan fingerprint density at radius 1 is 1.61 bits per heavy atom. The van der Waals surface area contributed by atoms with Gasteiger partial charge in [-0.15, -0.1) is 11.8 Å². The summed E-state index contributed by atoms with van der Waals surface area (Å²) in [5, 5.41) is 11.3. The molecule has 1 aromatic heterocycles. The molecular formula is C13H17N3OS. The molecule has 0 unspecified atom stereocenters. The van der Waals surface area contributed by atoms with Gasteiger partial charge < -0.3 is 5.32 Å². The van der Waals surface area contributed by atoms with Crippen molar-refractivity contribution in [3.05, 3.63) is 23.9 Å². The van der Waals surface area contributed by atoms with Gasteiger partial charge in [-0.1, -0.05) is 13.3 Å². The van der Waals surface area contributed by atoms with Crippen molar-refractivity contribution in [3.8, 4) is 6.07 Å². The largest absolute Gasteiger partial charge is 0.310 e. The highest BCUT2D eigenvalue weighted by Gasteiger charge is 2.13. The van der Waals surface area contributed by atoms with E-state index in [4.69, 9.17) is 5.26 Å². The van der Waals surface area contributed by atoms with Crippen LogP contribution in [0.5, 0.6) is 0 Å². The summed E-state index contributed by atoms with van der Waals surface area (Å²) in [6.45, 7) is 4.02. The predicted molar refractivity (Wildman–Crippen MR) is 74.4 cm³/mol. The third kappa shape index (κ3) is 4.76. The van der Waals surface area contributed by atoms with E-state index in [0.717, 1.165) is 18.6 Å². The monoisotopic (exact) mass is 263 g/mol. The van der Waals surface area contributed by atoms with Gasteiger partial charge in [-0.3, -0.25) is 4.79 Å². The highest BCUT2D eigenvalue weighted by atomic mass is 32.2. The number of nitrogens with one attached hydrogen (secondary N) is 1. The second-order valence-corrected chi connectivity index (χ2v) is 5.35. The molecule has 0 spiro atoms. The van der Waals surface area contributed by atoms with Crippen LogP contribution in [0.1, 0.15) is 32.3 Å². The Bertz CT molecular complexity index is 425. The Hall–Kier alpha value is -1.54. The molecule has 1 N–H and O–H groups in total. The number of amides is 1. The van der Waals surface area contributed by atoms with Crippen LogP contribution in [0, 0.1) is 11.3 Å². The summed E-state index contributed by atoms with van der Waals surface area (Å²) < 4.78 is 0. The van der Waals surface area contributed by atoms with E-state index in [1.54, 1.807) is 23.9 Å². The lowest BCUT2D eigenvalue weighted by Gasteiger charge is -2.11. The molecule has 0 fully saturated rings. The molecule has 0 radical (unpaired) electrons. The van der Waals surface area contributed by atoms with E-state index in [1.165, 1.54) is 6.20 Å². The van der Waals surface area contributed by atoms with Crippen LogP contribution in [0.15, 0.2) is 18.3 Å². The maximum absolute atomic E-state index is 11.8. The zero-order chi connectivity index (χ0) is 13.4. The molecule has 0 bridgehead atoms. The minimum atomic E-state index is -0.0889. The lowest BCUT2D eigenvalue weighted by Crippen LogP contribution is -2.23. The number of pyridine rings is 1. The maximum atomic E-state index is 11.8. The highest BCUT2D eigenvalue weighted by molar-refractivity contribution is 8.00. The van der Waals surface area contributed by atoms with Crippen molar-refractivity contribution in [3.63, 3.8) is 0 Å². The van der Waals surface area contributed by atoms with Crippen LogP contribution < -0.4 is 5.32 Å². The third-order valence-electron chi connectivity index (χ3n) is 2.38. The average Bonchev–Trinajstić information content (AvgIpc) is 2.39. The van der Waals surface area contributed by atoms with Crippen LogP contribution in [0.3, 0.4) is 0 Å². The molecule has 0 aliphatic carbocycles. The number of anilines is 1. The highest BCUT2D eigenvalue weighted by Crippen LogP contribution is 2.14. The Kier molecular flexibility index (Phi) is 6.23. The first kappa shape index (κ1) is 14.5. The smallest absolute Gasteiger partial charge is 0.238 e. The van der Waals surface area contributed by atoms with E-state index in [0.29, 0.717) is 11.4 Å². The Labute approximate surface area is 112 Å². The standard InChI is InChI=1S/C13H17N3OS/c1-3-4-7-18-10(2)13(17)16-12-6-5-11(8-14)9-15-12/h5-6,9-10H,3-4,7H2,1-2H3,(H,15,16,17)/t10-/m1/s1. The summed E-state index contributed by atoms with van der Waals surface area (Å²) >= 11 is 1.64. The minimum absolute atomic E-state index is 0.0479. The molecule has 0 saturated carbocycles. The molecular weight excluding hydrogens is 246 g/mol. The molecule has 0 saturated heterocycles. The van der Waals surface area contributed by atoms with Crippen molar-refractivity contribution in [2.75, 3.05) is 11.1 Å². The van der Waals surface area contributed by atoms with Crippen LogP contribution in [0.4, 0.5) is 5.82 Å². The van der Waals surface area contributed by atoms with Gasteiger partial charge in [-0.25, -0.2) is 4.98 Å². The molecule has 1 aromatic rings. The summed E-state index contributed by atoms with van der Waals surface area (Å²) in [7, 11) is 0. The van der Waals surface area contributed by atoms with E-state index in [2.05, 4.69) is 17.2 Å². The Balaban J connectivity index is 2.45. The first-order valence-corrected chi connectivity index (χ1v) is 7.01. The maximum Gasteiger partial charge on any atom is 0.238 e. The number of carbonyl (C=O) groups excluding carboxylic acids is 1. The minimum Gasteiger partial charge on any atom is -0.310 e. The zero-order valence-electron chi connectivity index (χ0n) is 10.6. The fourth-order valence-electron chi connectivity index (χ4n) is 1.24. The van der Waals surface area contributed by atoms with Crippen molar-refractivity contribution in [1.29, 1.82) is 5.26 Å². The molecule has 0 aliphatic heterocycles. The van der Waals surface area contributed by atoms with Gasteiger partial charge in [-0.05, 0) is 31.2 Å². The van der Waals surface area contributed by atoms with Gasteiger partial charge in [0.1, 0.15) is 11.9 Å². The van der Waals surface area contributed by atoms with Crippen LogP contribution in [0.25, 0.3) is 0 Å². The molecule has 1 atom stereocenters. The molecule has 5 heteroatoms. The summed E-state index contributed by atoms with van der Waals surface area (Å²) in [4.78, 5) is 15.8. The summed E-state index contributed by atoms with van der Waals surface area (Å²) in [6.07, 6.45) is 3.71. The number of thioether (sulfide) groups is 1. The van der Waals surface area contributed by atoms with E-state index < -0.39 is 0 Å². The van der Waals surface area contributed by atoms with E-state index in [9.17, 15) is 4.79 Å². The first-order valence-electron chi connectivity index (χ1n) is 5.96. The molecule has 1 heterocycles. The van der Waals surface area contributed by atoms with Crippen molar-refractivity contribution in [2.24, 2.45) is 0 Å². The van der Waals surface area contributed by atoms with Crippen LogP contribution in [-0.4, -0.2) is 21.9 Å². The molecule has 1 amide bonds. The number of nitrogens with zero attached hydrogens (tertiary/aromatic N) is 2. The molecule has 4 nitrogen and oxygen atoms in total. The zero-order valence-corrected chi connectivity index (χ0v) is 11.5. The number of unbranched alkanes of at least 4 members (excludes halogenated alkanes) is 1. The fraction of sp³-hybridized carbons (Fsp3) is 0.462. The molecule has 0 aromatic carbocycles. The second kappa shape index (κ2) is 7.72. The summed E-state index contributed by atoms with van der Waals surface area (Å²) in [5.74, 6) is 1.43. The number of hydrogen-bond acceptors (Lipinski definition) is 4. The summed E-state index contributed by atoms with van der Waals surface area (Å²) in [5.41, 5.74) is 0.485. The molecule has 1 rings (SSSR count). The van der Waals surface area contributed by atoms with E-state index in [-0.39, 0.29) is 11.2 Å². The predicted octanol–water partition coefficient (Wildman–Crippen LogP) is 2.81. The SMILES string of the molecule is CCCCS[C@H](C)C(=O)Nc1ccc(C#N)cn1. The normalized spacial score (nSPS) is 11.6. The summed E-state index contributed by atoms with van der Waals surface area (Å²) in [6, 6.07) is 5.26. The topological polar surface area (TPSA) is 65.8 Å². The molecule has 96 valence electrons. The van der Waals surface area contributed by atoms with Gasteiger partial charge in [0.2, 0.25) is 5.91 Å². The van der Waals surface area contributed by atoms with Crippen molar-refractivity contribution < 1.29 is 4.79 Å². The van der Waals surface area contributed by atoms with Crippen LogP contribution in [0.2, 0.25) is 0 Å². The van der Waals surface area contributed by atoms with Gasteiger partial charge in [-0.2, -0.15) is 5.26 Å². The number of rotatable bonds is 6. The Morgan fingerprint density at radius 2 is 2.39 bits per heavy atom. The van der Waals surface area contributed by atoms with Gasteiger partial charge >= 0.3 is 0 Å². The molecule has 0 aliphatic rings. The van der Waals surface area contributed by atoms with Crippen molar-refractivity contribution >= 4 is 23.5 Å². The lowest BCUT2D eigenvalue weighted by molar-refractivity contribution is -0.115. The van der Waals surface area contributed by atoms with Crippen molar-refractivity contribution in [1.82, 2.24) is 4.98 Å². The second-order valence-electron chi connectivity index (χ2n) is 3.90. The van der Waals surface area contributed by atoms with Gasteiger partial charge in [0.25, 0.3) is 0 Å². The van der Waals surface area contributed by atoms with E-state index >= 15 is 0 Å². The number of nitriles is 1. The third-order valence-corrected chi connectivity index (χ3v) is 3.62. The molecule has 18 heavy (non-hydrogen) atoms. The van der Waals surface area contributed by atoms with Gasteiger partial charge in [0.05, 0.1) is 10.8 Å². The number of aromatic nitrogens is 1.